The van der Waals surface area contributed by atoms with E-state index < -0.39 is 0 Å². The standard InChI is InChI=1S/C8H9N5/c1-2-9-8-6-7(11-4-10-6)12-5-13(8)3-1/h4-5,9H,1-3H2. The molecule has 13 heavy (non-hydrogen) atoms. The van der Waals surface area contributed by atoms with Crippen LogP contribution < -0.4 is 5.32 Å². The Kier molecular flexibility index (Phi) is 1.27. The quantitative estimate of drug-likeness (QED) is 0.636. The van der Waals surface area contributed by atoms with E-state index in [9.17, 15) is 0 Å². The Morgan fingerprint density at radius 1 is 1.31 bits per heavy atom. The number of fused-ring (bicyclic) bond motifs is 3. The fourth-order valence-corrected chi connectivity index (χ4v) is 1.65. The molecule has 3 aliphatic heterocycles. The minimum absolute atomic E-state index is 0.723. The molecule has 3 aliphatic rings. The lowest BCUT2D eigenvalue weighted by Crippen LogP contribution is -2.20. The maximum absolute atomic E-state index is 4.20. The molecular formula is C8H9N5. The Hall–Kier alpha value is -1.65. The lowest BCUT2D eigenvalue weighted by atomic mass is 10.3. The number of hydrogen-bond donors (Lipinski definition) is 1. The maximum Gasteiger partial charge on any atom is 0.184 e. The monoisotopic (exact) mass is 175 g/mol. The van der Waals surface area contributed by atoms with Crippen molar-refractivity contribution in [3.8, 4) is 11.5 Å². The van der Waals surface area contributed by atoms with Crippen LogP contribution in [-0.4, -0.2) is 26.1 Å². The zero-order valence-electron chi connectivity index (χ0n) is 7.06. The predicted octanol–water partition coefficient (Wildman–Crippen LogP) is 0.593. The molecule has 0 atom stereocenters. The van der Waals surface area contributed by atoms with Crippen molar-refractivity contribution < 1.29 is 0 Å². The van der Waals surface area contributed by atoms with Crippen LogP contribution in [0.3, 0.4) is 0 Å². The number of aromatic nitrogens is 4. The van der Waals surface area contributed by atoms with E-state index in [1.807, 2.05) is 6.33 Å². The molecule has 5 heteroatoms. The van der Waals surface area contributed by atoms with Crippen molar-refractivity contribution in [2.75, 3.05) is 11.9 Å². The van der Waals surface area contributed by atoms with Crippen molar-refractivity contribution in [3.63, 3.8) is 0 Å². The van der Waals surface area contributed by atoms with Crippen LogP contribution in [0.5, 0.6) is 0 Å². The Balaban J connectivity index is 2.28. The summed E-state index contributed by atoms with van der Waals surface area (Å²) in [7, 11) is 0. The lowest BCUT2D eigenvalue weighted by molar-refractivity contribution is 0.614. The van der Waals surface area contributed by atoms with Crippen molar-refractivity contribution in [3.05, 3.63) is 12.7 Å². The van der Waals surface area contributed by atoms with Gasteiger partial charge in [-0.25, -0.2) is 15.0 Å². The number of hydrogen-bond acceptors (Lipinski definition) is 4. The molecule has 0 aromatic heterocycles. The fraction of sp³-hybridized carbons (Fsp3) is 0.375. The number of anilines is 1. The second-order valence-corrected chi connectivity index (χ2v) is 3.11. The Bertz CT molecular complexity index is 407. The lowest BCUT2D eigenvalue weighted by Gasteiger charge is -2.21. The van der Waals surface area contributed by atoms with Gasteiger partial charge in [-0.3, -0.25) is 0 Å². The molecule has 0 bridgehead atoms. The summed E-state index contributed by atoms with van der Waals surface area (Å²) in [6.45, 7) is 2.02. The third-order valence-corrected chi connectivity index (χ3v) is 2.28. The summed E-state index contributed by atoms with van der Waals surface area (Å²) in [6, 6.07) is 0. The van der Waals surface area contributed by atoms with Gasteiger partial charge in [0.1, 0.15) is 17.8 Å². The average molecular weight is 175 g/mol. The molecule has 0 saturated heterocycles. The zero-order valence-corrected chi connectivity index (χ0v) is 7.06. The van der Waals surface area contributed by atoms with Crippen molar-refractivity contribution >= 4 is 5.82 Å². The topological polar surface area (TPSA) is 55.6 Å². The molecular weight excluding hydrogens is 166 g/mol. The van der Waals surface area contributed by atoms with E-state index in [1.165, 1.54) is 0 Å². The van der Waals surface area contributed by atoms with Gasteiger partial charge in [0.05, 0.1) is 6.33 Å². The van der Waals surface area contributed by atoms with Gasteiger partial charge in [0.15, 0.2) is 5.82 Å². The van der Waals surface area contributed by atoms with Gasteiger partial charge < -0.3 is 9.88 Å². The molecule has 0 aromatic rings. The SMILES string of the molecule is c1nc2ncn3c(c-2n1)NCCC3. The van der Waals surface area contributed by atoms with Crippen LogP contribution >= 0.6 is 0 Å². The number of aryl methyl sites for hydroxylation is 1. The highest BCUT2D eigenvalue weighted by Gasteiger charge is 2.17. The van der Waals surface area contributed by atoms with Crippen LogP contribution in [-0.2, 0) is 6.54 Å². The highest BCUT2D eigenvalue weighted by molar-refractivity contribution is 5.67. The van der Waals surface area contributed by atoms with Gasteiger partial charge in [0.2, 0.25) is 0 Å². The smallest absolute Gasteiger partial charge is 0.184 e. The summed E-state index contributed by atoms with van der Waals surface area (Å²) in [5, 5.41) is 3.31. The maximum atomic E-state index is 4.20. The van der Waals surface area contributed by atoms with Gasteiger partial charge in [-0.2, -0.15) is 0 Å². The van der Waals surface area contributed by atoms with Crippen LogP contribution in [0, 0.1) is 0 Å². The second kappa shape index (κ2) is 2.42. The molecule has 0 aromatic carbocycles. The summed E-state index contributed by atoms with van der Waals surface area (Å²) in [6.07, 6.45) is 4.51. The van der Waals surface area contributed by atoms with Crippen LogP contribution in [0.4, 0.5) is 5.82 Å². The highest BCUT2D eigenvalue weighted by Crippen LogP contribution is 2.25. The molecule has 0 radical (unpaired) electrons. The van der Waals surface area contributed by atoms with E-state index in [2.05, 4.69) is 24.8 Å². The summed E-state index contributed by atoms with van der Waals surface area (Å²) in [5.41, 5.74) is 0.877. The Morgan fingerprint density at radius 2 is 2.31 bits per heavy atom. The van der Waals surface area contributed by atoms with Crippen molar-refractivity contribution in [1.29, 1.82) is 0 Å². The first kappa shape index (κ1) is 6.82. The zero-order chi connectivity index (χ0) is 8.67. The third-order valence-electron chi connectivity index (χ3n) is 2.28. The third kappa shape index (κ3) is 0.898. The molecule has 0 saturated carbocycles. The van der Waals surface area contributed by atoms with Gasteiger partial charge in [0, 0.05) is 13.1 Å². The normalized spacial score (nSPS) is 15.4. The van der Waals surface area contributed by atoms with Gasteiger partial charge in [-0.15, -0.1) is 0 Å². The highest BCUT2D eigenvalue weighted by atomic mass is 15.2. The van der Waals surface area contributed by atoms with Crippen LogP contribution in [0.15, 0.2) is 12.7 Å². The van der Waals surface area contributed by atoms with Crippen molar-refractivity contribution in [1.82, 2.24) is 19.5 Å². The number of imidazole rings is 1. The van der Waals surface area contributed by atoms with Gasteiger partial charge >= 0.3 is 0 Å². The largest absolute Gasteiger partial charge is 0.369 e. The van der Waals surface area contributed by atoms with Gasteiger partial charge in [-0.1, -0.05) is 0 Å². The Labute approximate surface area is 75.2 Å². The first-order chi connectivity index (χ1) is 6.45. The van der Waals surface area contributed by atoms with Crippen molar-refractivity contribution in [2.45, 2.75) is 13.0 Å². The molecule has 66 valence electrons. The molecule has 0 aliphatic carbocycles. The van der Waals surface area contributed by atoms with Gasteiger partial charge in [-0.05, 0) is 6.42 Å². The number of rotatable bonds is 0. The molecule has 0 fully saturated rings. The summed E-state index contributed by atoms with van der Waals surface area (Å²) < 4.78 is 2.08. The molecule has 5 nitrogen and oxygen atoms in total. The van der Waals surface area contributed by atoms with Crippen LogP contribution in [0.1, 0.15) is 6.42 Å². The summed E-state index contributed by atoms with van der Waals surface area (Å²) in [4.78, 5) is 12.4. The predicted molar refractivity (Wildman–Crippen MR) is 47.5 cm³/mol. The second-order valence-electron chi connectivity index (χ2n) is 3.11. The van der Waals surface area contributed by atoms with E-state index in [1.54, 1.807) is 6.33 Å². The van der Waals surface area contributed by atoms with E-state index in [0.29, 0.717) is 0 Å². The van der Waals surface area contributed by atoms with E-state index in [0.717, 1.165) is 36.8 Å². The fourth-order valence-electron chi connectivity index (χ4n) is 1.65. The van der Waals surface area contributed by atoms with E-state index in [4.69, 9.17) is 0 Å². The molecule has 3 rings (SSSR count). The summed E-state index contributed by atoms with van der Waals surface area (Å²) in [5.74, 6) is 1.77. The van der Waals surface area contributed by atoms with Crippen molar-refractivity contribution in [2.24, 2.45) is 0 Å². The first-order valence-corrected chi connectivity index (χ1v) is 4.35. The van der Waals surface area contributed by atoms with Crippen LogP contribution in [0.25, 0.3) is 11.5 Å². The molecule has 1 N–H and O–H groups in total. The minimum atomic E-state index is 0.723. The van der Waals surface area contributed by atoms with E-state index in [-0.39, 0.29) is 0 Å². The minimum Gasteiger partial charge on any atom is -0.369 e. The van der Waals surface area contributed by atoms with Gasteiger partial charge in [0.25, 0.3) is 0 Å². The number of nitrogens with one attached hydrogen (secondary N) is 1. The average Bonchev–Trinajstić information content (AvgIpc) is 2.65. The Morgan fingerprint density at radius 3 is 3.31 bits per heavy atom. The first-order valence-electron chi connectivity index (χ1n) is 4.35. The molecule has 0 unspecified atom stereocenters. The van der Waals surface area contributed by atoms with Crippen LogP contribution in [0.2, 0.25) is 0 Å². The summed E-state index contributed by atoms with van der Waals surface area (Å²) >= 11 is 0. The molecule has 0 amide bonds. The molecule has 0 spiro atoms. The molecule has 3 heterocycles. The van der Waals surface area contributed by atoms with E-state index >= 15 is 0 Å². The number of nitrogens with zero attached hydrogens (tertiary/aromatic N) is 4.